The van der Waals surface area contributed by atoms with Crippen molar-refractivity contribution >= 4 is 17.7 Å². The van der Waals surface area contributed by atoms with E-state index in [-0.39, 0.29) is 12.0 Å². The summed E-state index contributed by atoms with van der Waals surface area (Å²) in [5, 5.41) is 3.12. The Morgan fingerprint density at radius 2 is 1.71 bits per heavy atom. The monoisotopic (exact) mass is 258 g/mol. The van der Waals surface area contributed by atoms with Crippen molar-refractivity contribution in [1.82, 2.24) is 15.0 Å². The third-order valence-electron chi connectivity index (χ3n) is 2.02. The molecule has 1 aromatic rings. The molecule has 0 saturated heterocycles. The quantitative estimate of drug-likeness (QED) is 0.707. The highest BCUT2D eigenvalue weighted by molar-refractivity contribution is 7.98. The molecule has 0 atom stereocenters. The van der Waals surface area contributed by atoms with Gasteiger partial charge in [-0.3, -0.25) is 0 Å². The van der Waals surface area contributed by atoms with E-state index in [0.29, 0.717) is 5.95 Å². The molecule has 7 heteroatoms. The molecule has 1 aromatic heterocycles. The van der Waals surface area contributed by atoms with E-state index in [1.807, 2.05) is 11.8 Å². The highest BCUT2D eigenvalue weighted by Gasteiger charge is 2.05. The van der Waals surface area contributed by atoms with Crippen LogP contribution in [-0.4, -0.2) is 47.7 Å². The average molecular weight is 258 g/mol. The summed E-state index contributed by atoms with van der Waals surface area (Å²) in [6.07, 6.45) is 4.36. The Morgan fingerprint density at radius 3 is 2.24 bits per heavy atom. The molecule has 0 aliphatic rings. The van der Waals surface area contributed by atoms with Crippen molar-refractivity contribution in [3.05, 3.63) is 0 Å². The van der Waals surface area contributed by atoms with Gasteiger partial charge in [-0.1, -0.05) is 0 Å². The number of unbranched alkanes of at least 4 members (excludes halogenated alkanes) is 1. The number of anilines is 1. The largest absolute Gasteiger partial charge is 0.467 e. The molecule has 0 spiro atoms. The van der Waals surface area contributed by atoms with Crippen molar-refractivity contribution < 1.29 is 9.47 Å². The molecule has 0 aliphatic carbocycles. The highest BCUT2D eigenvalue weighted by atomic mass is 32.2. The zero-order chi connectivity index (χ0) is 12.5. The Kier molecular flexibility index (Phi) is 6.46. The highest BCUT2D eigenvalue weighted by Crippen LogP contribution is 2.12. The van der Waals surface area contributed by atoms with Crippen LogP contribution in [0.5, 0.6) is 12.0 Å². The van der Waals surface area contributed by atoms with Crippen molar-refractivity contribution in [2.24, 2.45) is 0 Å². The van der Waals surface area contributed by atoms with Crippen LogP contribution in [0, 0.1) is 0 Å². The molecule has 0 unspecified atom stereocenters. The van der Waals surface area contributed by atoms with Crippen LogP contribution in [-0.2, 0) is 0 Å². The van der Waals surface area contributed by atoms with Crippen LogP contribution in [0.1, 0.15) is 12.8 Å². The van der Waals surface area contributed by atoms with Crippen molar-refractivity contribution in [3.8, 4) is 12.0 Å². The van der Waals surface area contributed by atoms with Gasteiger partial charge in [0.05, 0.1) is 14.2 Å². The molecule has 96 valence electrons. The first-order chi connectivity index (χ1) is 8.30. The first kappa shape index (κ1) is 13.8. The summed E-state index contributed by atoms with van der Waals surface area (Å²) in [6.45, 7) is 0.830. The summed E-state index contributed by atoms with van der Waals surface area (Å²) in [6, 6.07) is 0.506. The number of hydrogen-bond donors (Lipinski definition) is 1. The standard InChI is InChI=1S/C10H18N4O2S/c1-15-9-12-8(13-10(14-9)16-2)11-6-4-5-7-17-3/h4-7H2,1-3H3,(H,11,12,13,14). The third kappa shape index (κ3) is 5.08. The lowest BCUT2D eigenvalue weighted by Gasteiger charge is -2.06. The van der Waals surface area contributed by atoms with Gasteiger partial charge < -0.3 is 14.8 Å². The lowest BCUT2D eigenvalue weighted by atomic mass is 10.3. The third-order valence-corrected chi connectivity index (χ3v) is 2.71. The van der Waals surface area contributed by atoms with Gasteiger partial charge in [0.25, 0.3) is 0 Å². The summed E-state index contributed by atoms with van der Waals surface area (Å²) in [5.74, 6) is 1.66. The Hall–Kier alpha value is -1.24. The number of aromatic nitrogens is 3. The SMILES string of the molecule is COc1nc(NCCCCSC)nc(OC)n1. The number of ether oxygens (including phenoxy) is 2. The Balaban J connectivity index is 2.46. The maximum absolute atomic E-state index is 4.96. The summed E-state index contributed by atoms with van der Waals surface area (Å²) < 4.78 is 9.91. The minimum absolute atomic E-state index is 0.253. The van der Waals surface area contributed by atoms with Gasteiger partial charge in [-0.25, -0.2) is 0 Å². The van der Waals surface area contributed by atoms with Gasteiger partial charge in [0.1, 0.15) is 0 Å². The Morgan fingerprint density at radius 1 is 1.06 bits per heavy atom. The molecule has 6 nitrogen and oxygen atoms in total. The average Bonchev–Trinajstić information content (AvgIpc) is 2.38. The fourth-order valence-corrected chi connectivity index (χ4v) is 1.66. The molecule has 1 heterocycles. The number of hydrogen-bond acceptors (Lipinski definition) is 7. The molecule has 0 saturated carbocycles. The predicted octanol–water partition coefficient (Wildman–Crippen LogP) is 1.44. The lowest BCUT2D eigenvalue weighted by molar-refractivity contribution is 0.341. The normalized spacial score (nSPS) is 10.1. The van der Waals surface area contributed by atoms with Gasteiger partial charge >= 0.3 is 12.0 Å². The smallest absolute Gasteiger partial charge is 0.324 e. The van der Waals surface area contributed by atoms with E-state index in [1.165, 1.54) is 26.4 Å². The van der Waals surface area contributed by atoms with Gasteiger partial charge in [-0.05, 0) is 24.9 Å². The van der Waals surface area contributed by atoms with Crippen molar-refractivity contribution in [2.45, 2.75) is 12.8 Å². The molecule has 1 rings (SSSR count). The van der Waals surface area contributed by atoms with E-state index in [9.17, 15) is 0 Å². The van der Waals surface area contributed by atoms with Gasteiger partial charge in [0.2, 0.25) is 5.95 Å². The molecule has 0 fully saturated rings. The van der Waals surface area contributed by atoms with Crippen LogP contribution in [0.3, 0.4) is 0 Å². The molecule has 0 amide bonds. The molecule has 0 aliphatic heterocycles. The number of nitrogens with one attached hydrogen (secondary N) is 1. The van der Waals surface area contributed by atoms with E-state index in [1.54, 1.807) is 0 Å². The van der Waals surface area contributed by atoms with Gasteiger partial charge in [0.15, 0.2) is 0 Å². The van der Waals surface area contributed by atoms with Crippen LogP contribution in [0.2, 0.25) is 0 Å². The number of methoxy groups -OCH3 is 2. The van der Waals surface area contributed by atoms with Crippen LogP contribution < -0.4 is 14.8 Å². The van der Waals surface area contributed by atoms with Gasteiger partial charge in [0, 0.05) is 6.54 Å². The molecular formula is C10H18N4O2S. The van der Waals surface area contributed by atoms with Crippen molar-refractivity contribution in [1.29, 1.82) is 0 Å². The summed E-state index contributed by atoms with van der Waals surface area (Å²) in [4.78, 5) is 12.1. The second kappa shape index (κ2) is 7.94. The zero-order valence-electron chi connectivity index (χ0n) is 10.4. The minimum Gasteiger partial charge on any atom is -0.467 e. The van der Waals surface area contributed by atoms with E-state index < -0.39 is 0 Å². The molecule has 1 N–H and O–H groups in total. The van der Waals surface area contributed by atoms with Crippen LogP contribution in [0.25, 0.3) is 0 Å². The second-order valence-corrected chi connectivity index (χ2v) is 4.24. The molecule has 0 aromatic carbocycles. The van der Waals surface area contributed by atoms with Crippen LogP contribution in [0.4, 0.5) is 5.95 Å². The Labute approximate surface area is 106 Å². The molecule has 17 heavy (non-hydrogen) atoms. The molecule has 0 bridgehead atoms. The fourth-order valence-electron chi connectivity index (χ4n) is 1.17. The van der Waals surface area contributed by atoms with E-state index >= 15 is 0 Å². The first-order valence-corrected chi connectivity index (χ1v) is 6.76. The maximum Gasteiger partial charge on any atom is 0.324 e. The minimum atomic E-state index is 0.253. The van der Waals surface area contributed by atoms with E-state index in [2.05, 4.69) is 26.5 Å². The summed E-state index contributed by atoms with van der Waals surface area (Å²) in [7, 11) is 3.02. The van der Waals surface area contributed by atoms with Gasteiger partial charge in [-0.2, -0.15) is 21.7 Å². The number of nitrogens with zero attached hydrogens (tertiary/aromatic N) is 3. The van der Waals surface area contributed by atoms with E-state index in [4.69, 9.17) is 9.47 Å². The van der Waals surface area contributed by atoms with Crippen molar-refractivity contribution in [3.63, 3.8) is 0 Å². The van der Waals surface area contributed by atoms with Crippen molar-refractivity contribution in [2.75, 3.05) is 38.1 Å². The zero-order valence-corrected chi connectivity index (χ0v) is 11.2. The summed E-state index contributed by atoms with van der Waals surface area (Å²) >= 11 is 1.85. The van der Waals surface area contributed by atoms with Crippen LogP contribution in [0.15, 0.2) is 0 Å². The lowest BCUT2D eigenvalue weighted by Crippen LogP contribution is -2.08. The molecule has 0 radical (unpaired) electrons. The van der Waals surface area contributed by atoms with E-state index in [0.717, 1.165) is 13.0 Å². The summed E-state index contributed by atoms with van der Waals surface area (Å²) in [5.41, 5.74) is 0. The predicted molar refractivity (Wildman–Crippen MR) is 69.0 cm³/mol. The van der Waals surface area contributed by atoms with Gasteiger partial charge in [-0.15, -0.1) is 4.98 Å². The topological polar surface area (TPSA) is 69.2 Å². The fraction of sp³-hybridized carbons (Fsp3) is 0.700. The van der Waals surface area contributed by atoms with Crippen LogP contribution >= 0.6 is 11.8 Å². The number of thioether (sulfide) groups is 1. The first-order valence-electron chi connectivity index (χ1n) is 5.37. The second-order valence-electron chi connectivity index (χ2n) is 3.26. The Bertz CT molecular complexity index is 316. The molecular weight excluding hydrogens is 240 g/mol. The number of rotatable bonds is 8. The maximum atomic E-state index is 4.96.